The summed E-state index contributed by atoms with van der Waals surface area (Å²) >= 11 is 0. The van der Waals surface area contributed by atoms with E-state index >= 15 is 0 Å². The Labute approximate surface area is 90.8 Å². The third-order valence-electron chi connectivity index (χ3n) is 3.11. The van der Waals surface area contributed by atoms with E-state index in [2.05, 4.69) is 11.8 Å². The number of rotatable bonds is 3. The van der Waals surface area contributed by atoms with E-state index in [0.717, 1.165) is 36.1 Å². The van der Waals surface area contributed by atoms with E-state index in [4.69, 9.17) is 10.5 Å². The third kappa shape index (κ3) is 1.87. The van der Waals surface area contributed by atoms with Crippen LogP contribution in [0.3, 0.4) is 0 Å². The molecule has 2 N–H and O–H groups in total. The van der Waals surface area contributed by atoms with Crippen LogP contribution in [0.25, 0.3) is 0 Å². The molecule has 15 heavy (non-hydrogen) atoms. The van der Waals surface area contributed by atoms with Crippen LogP contribution >= 0.6 is 0 Å². The molecule has 0 spiro atoms. The van der Waals surface area contributed by atoms with Crippen molar-refractivity contribution in [3.8, 4) is 5.75 Å². The Morgan fingerprint density at radius 3 is 2.73 bits per heavy atom. The zero-order chi connectivity index (χ0) is 10.8. The van der Waals surface area contributed by atoms with Crippen molar-refractivity contribution in [2.75, 3.05) is 30.8 Å². The first-order chi connectivity index (χ1) is 7.24. The lowest BCUT2D eigenvalue weighted by Crippen LogP contribution is -2.46. The Kier molecular flexibility index (Phi) is 2.71. The summed E-state index contributed by atoms with van der Waals surface area (Å²) < 4.78 is 5.13. The molecule has 0 aliphatic carbocycles. The number of nitrogens with two attached hydrogens (primary N) is 1. The molecule has 0 saturated carbocycles. The highest BCUT2D eigenvalue weighted by molar-refractivity contribution is 5.70. The molecule has 1 aromatic rings. The van der Waals surface area contributed by atoms with Crippen LogP contribution in [0, 0.1) is 5.92 Å². The Morgan fingerprint density at radius 2 is 2.20 bits per heavy atom. The van der Waals surface area contributed by atoms with E-state index in [0.29, 0.717) is 0 Å². The first-order valence-corrected chi connectivity index (χ1v) is 5.43. The topological polar surface area (TPSA) is 38.5 Å². The maximum atomic E-state index is 5.97. The molecule has 0 radical (unpaired) electrons. The molecule has 0 unspecified atom stereocenters. The minimum Gasteiger partial charge on any atom is -0.497 e. The molecule has 82 valence electrons. The summed E-state index contributed by atoms with van der Waals surface area (Å²) in [6.07, 6.45) is 1.26. The molecular weight excluding hydrogens is 188 g/mol. The average molecular weight is 206 g/mol. The fraction of sp³-hybridized carbons (Fsp3) is 0.500. The van der Waals surface area contributed by atoms with Gasteiger partial charge >= 0.3 is 0 Å². The standard InChI is InChI=1S/C12H18N2O/c1-3-9-7-14(8-9)12-5-4-10(15-2)6-11(12)13/h4-6,9H,3,7-8,13H2,1-2H3. The number of nitrogen functional groups attached to an aromatic ring is 1. The SMILES string of the molecule is CCC1CN(c2ccc(OC)cc2N)C1. The number of hydrogen-bond acceptors (Lipinski definition) is 3. The number of nitrogens with zero attached hydrogens (tertiary/aromatic N) is 1. The van der Waals surface area contributed by atoms with Crippen molar-refractivity contribution >= 4 is 11.4 Å². The maximum Gasteiger partial charge on any atom is 0.121 e. The number of hydrogen-bond donors (Lipinski definition) is 1. The van der Waals surface area contributed by atoms with Crippen molar-refractivity contribution in [2.24, 2.45) is 5.92 Å². The van der Waals surface area contributed by atoms with Crippen LogP contribution in [-0.4, -0.2) is 20.2 Å². The summed E-state index contributed by atoms with van der Waals surface area (Å²) in [6, 6.07) is 5.89. The Bertz CT molecular complexity index is 345. The van der Waals surface area contributed by atoms with Crippen molar-refractivity contribution in [3.05, 3.63) is 18.2 Å². The van der Waals surface area contributed by atoms with Crippen LogP contribution in [0.15, 0.2) is 18.2 Å². The number of anilines is 2. The van der Waals surface area contributed by atoms with Crippen molar-refractivity contribution < 1.29 is 4.74 Å². The summed E-state index contributed by atoms with van der Waals surface area (Å²) in [5.74, 6) is 1.66. The minimum atomic E-state index is 0.809. The van der Waals surface area contributed by atoms with Gasteiger partial charge in [0.1, 0.15) is 5.75 Å². The second-order valence-electron chi connectivity index (χ2n) is 4.10. The van der Waals surface area contributed by atoms with Crippen LogP contribution in [0.2, 0.25) is 0 Å². The highest BCUT2D eigenvalue weighted by Crippen LogP contribution is 2.33. The fourth-order valence-electron chi connectivity index (χ4n) is 1.97. The van der Waals surface area contributed by atoms with E-state index in [1.807, 2.05) is 18.2 Å². The van der Waals surface area contributed by atoms with E-state index in [-0.39, 0.29) is 0 Å². The van der Waals surface area contributed by atoms with Gasteiger partial charge in [0.15, 0.2) is 0 Å². The molecule has 0 amide bonds. The normalized spacial score (nSPS) is 16.3. The van der Waals surface area contributed by atoms with Crippen LogP contribution in [0.1, 0.15) is 13.3 Å². The fourth-order valence-corrected chi connectivity index (χ4v) is 1.97. The largest absolute Gasteiger partial charge is 0.497 e. The smallest absolute Gasteiger partial charge is 0.121 e. The molecule has 0 atom stereocenters. The highest BCUT2D eigenvalue weighted by atomic mass is 16.5. The predicted molar refractivity (Wildman–Crippen MR) is 63.4 cm³/mol. The second-order valence-corrected chi connectivity index (χ2v) is 4.10. The maximum absolute atomic E-state index is 5.97. The van der Waals surface area contributed by atoms with E-state index in [9.17, 15) is 0 Å². The van der Waals surface area contributed by atoms with Gasteiger partial charge in [-0.05, 0) is 24.5 Å². The molecule has 0 bridgehead atoms. The Balaban J connectivity index is 2.10. The molecule has 3 heteroatoms. The summed E-state index contributed by atoms with van der Waals surface area (Å²) in [4.78, 5) is 2.32. The molecule has 1 heterocycles. The van der Waals surface area contributed by atoms with E-state index < -0.39 is 0 Å². The van der Waals surface area contributed by atoms with Crippen molar-refractivity contribution in [3.63, 3.8) is 0 Å². The lowest BCUT2D eigenvalue weighted by molar-refractivity contribution is 0.398. The monoisotopic (exact) mass is 206 g/mol. The third-order valence-corrected chi connectivity index (χ3v) is 3.11. The first kappa shape index (κ1) is 10.1. The zero-order valence-electron chi connectivity index (χ0n) is 9.36. The molecule has 1 aliphatic rings. The molecule has 2 rings (SSSR count). The number of ether oxygens (including phenoxy) is 1. The molecule has 3 nitrogen and oxygen atoms in total. The summed E-state index contributed by atoms with van der Waals surface area (Å²) in [5, 5.41) is 0. The van der Waals surface area contributed by atoms with Crippen molar-refractivity contribution in [1.82, 2.24) is 0 Å². The van der Waals surface area contributed by atoms with Crippen LogP contribution in [0.4, 0.5) is 11.4 Å². The van der Waals surface area contributed by atoms with Crippen LogP contribution < -0.4 is 15.4 Å². The lowest BCUT2D eigenvalue weighted by atomic mass is 9.96. The van der Waals surface area contributed by atoms with Gasteiger partial charge in [-0.2, -0.15) is 0 Å². The molecule has 1 saturated heterocycles. The average Bonchev–Trinajstić information content (AvgIpc) is 2.18. The quantitative estimate of drug-likeness (QED) is 0.770. The minimum absolute atomic E-state index is 0.809. The molecule has 1 aliphatic heterocycles. The first-order valence-electron chi connectivity index (χ1n) is 5.43. The summed E-state index contributed by atoms with van der Waals surface area (Å²) in [6.45, 7) is 4.50. The van der Waals surface area contributed by atoms with Gasteiger partial charge < -0.3 is 15.4 Å². The van der Waals surface area contributed by atoms with E-state index in [1.54, 1.807) is 7.11 Å². The lowest BCUT2D eigenvalue weighted by Gasteiger charge is -2.41. The zero-order valence-corrected chi connectivity index (χ0v) is 9.36. The van der Waals surface area contributed by atoms with Gasteiger partial charge in [0.25, 0.3) is 0 Å². The van der Waals surface area contributed by atoms with Gasteiger partial charge in [-0.1, -0.05) is 6.92 Å². The second kappa shape index (κ2) is 4.01. The Hall–Kier alpha value is -1.38. The van der Waals surface area contributed by atoms with Gasteiger partial charge in [0, 0.05) is 19.2 Å². The van der Waals surface area contributed by atoms with Gasteiger partial charge in [0.2, 0.25) is 0 Å². The summed E-state index contributed by atoms with van der Waals surface area (Å²) in [7, 11) is 1.66. The van der Waals surface area contributed by atoms with Gasteiger partial charge in [-0.3, -0.25) is 0 Å². The number of benzene rings is 1. The van der Waals surface area contributed by atoms with Gasteiger partial charge in [-0.25, -0.2) is 0 Å². The van der Waals surface area contributed by atoms with Crippen LogP contribution in [0.5, 0.6) is 5.75 Å². The summed E-state index contributed by atoms with van der Waals surface area (Å²) in [5.41, 5.74) is 7.92. The highest BCUT2D eigenvalue weighted by Gasteiger charge is 2.26. The van der Waals surface area contributed by atoms with Crippen molar-refractivity contribution in [2.45, 2.75) is 13.3 Å². The molecule has 1 aromatic carbocycles. The Morgan fingerprint density at radius 1 is 1.47 bits per heavy atom. The molecule has 0 aromatic heterocycles. The van der Waals surface area contributed by atoms with E-state index in [1.165, 1.54) is 6.42 Å². The molecular formula is C12H18N2O. The van der Waals surface area contributed by atoms with Crippen molar-refractivity contribution in [1.29, 1.82) is 0 Å². The van der Waals surface area contributed by atoms with Crippen LogP contribution in [-0.2, 0) is 0 Å². The number of methoxy groups -OCH3 is 1. The molecule has 1 fully saturated rings. The predicted octanol–water partition coefficient (Wildman–Crippen LogP) is 2.12. The van der Waals surface area contributed by atoms with Gasteiger partial charge in [-0.15, -0.1) is 0 Å². The van der Waals surface area contributed by atoms with Gasteiger partial charge in [0.05, 0.1) is 18.5 Å².